The topological polar surface area (TPSA) is 84.8 Å². The number of pyridine rings is 1. The predicted molar refractivity (Wildman–Crippen MR) is 125 cm³/mol. The van der Waals surface area contributed by atoms with Gasteiger partial charge in [0.05, 0.1) is 16.9 Å². The zero-order chi connectivity index (χ0) is 21.1. The maximum atomic E-state index is 13.0. The Kier molecular flexibility index (Phi) is 5.98. The minimum absolute atomic E-state index is 0.165. The average molecular weight is 436 g/mol. The molecule has 3 N–H and O–H groups in total. The van der Waals surface area contributed by atoms with Crippen LogP contribution in [0.2, 0.25) is 0 Å². The molecule has 0 spiro atoms. The summed E-state index contributed by atoms with van der Waals surface area (Å²) < 4.78 is 1.96. The lowest BCUT2D eigenvalue weighted by atomic mass is 10.2. The standard InChI is InChI=1S/C22H21N5OS2/c1-14-20(16-7-9-29-12-16)26-21-17(4-3-8-27(14)21)22(28)25-11-15-5-6-18(24-2)19(10-15)30-13-23/h3-10,12H,2,11,13,23H2,1H3,(H,25,28). The molecule has 6 nitrogen and oxygen atoms in total. The summed E-state index contributed by atoms with van der Waals surface area (Å²) in [6, 6.07) is 11.5. The van der Waals surface area contributed by atoms with Gasteiger partial charge in [-0.2, -0.15) is 11.3 Å². The van der Waals surface area contributed by atoms with Gasteiger partial charge in [-0.1, -0.05) is 6.07 Å². The third kappa shape index (κ3) is 3.89. The summed E-state index contributed by atoms with van der Waals surface area (Å²) in [6.07, 6.45) is 1.93. The highest BCUT2D eigenvalue weighted by atomic mass is 32.2. The highest BCUT2D eigenvalue weighted by molar-refractivity contribution is 7.99. The molecule has 4 aromatic rings. The molecule has 0 saturated carbocycles. The molecule has 0 atom stereocenters. The third-order valence-electron chi connectivity index (χ3n) is 4.81. The molecule has 0 fully saturated rings. The van der Waals surface area contributed by atoms with Crippen molar-refractivity contribution >= 4 is 47.1 Å². The first-order valence-corrected chi connectivity index (χ1v) is 11.3. The highest BCUT2D eigenvalue weighted by Gasteiger charge is 2.17. The number of carbonyl (C=O) groups excluding carboxylic acids is 1. The molecular weight excluding hydrogens is 414 g/mol. The van der Waals surface area contributed by atoms with Crippen molar-refractivity contribution in [1.82, 2.24) is 14.7 Å². The van der Waals surface area contributed by atoms with E-state index in [1.807, 2.05) is 53.2 Å². The van der Waals surface area contributed by atoms with Crippen LogP contribution >= 0.6 is 23.1 Å². The molecule has 4 rings (SSSR count). The zero-order valence-corrected chi connectivity index (χ0v) is 18.1. The van der Waals surface area contributed by atoms with Gasteiger partial charge in [0.1, 0.15) is 0 Å². The van der Waals surface area contributed by atoms with Crippen LogP contribution < -0.4 is 11.1 Å². The smallest absolute Gasteiger partial charge is 0.255 e. The number of imidazole rings is 1. The summed E-state index contributed by atoms with van der Waals surface area (Å²) in [6.45, 7) is 6.00. The van der Waals surface area contributed by atoms with Gasteiger partial charge in [0.15, 0.2) is 5.65 Å². The van der Waals surface area contributed by atoms with Crippen molar-refractivity contribution in [2.45, 2.75) is 18.4 Å². The van der Waals surface area contributed by atoms with E-state index >= 15 is 0 Å². The largest absolute Gasteiger partial charge is 0.348 e. The normalized spacial score (nSPS) is 11.0. The number of hydrogen-bond acceptors (Lipinski definition) is 6. The Morgan fingerprint density at radius 2 is 2.23 bits per heavy atom. The Morgan fingerprint density at radius 3 is 2.97 bits per heavy atom. The highest BCUT2D eigenvalue weighted by Crippen LogP contribution is 2.30. The van der Waals surface area contributed by atoms with E-state index in [1.54, 1.807) is 17.4 Å². The van der Waals surface area contributed by atoms with Gasteiger partial charge in [-0.15, -0.1) is 11.8 Å². The first-order valence-electron chi connectivity index (χ1n) is 9.33. The van der Waals surface area contributed by atoms with E-state index in [4.69, 9.17) is 10.7 Å². The third-order valence-corrected chi connectivity index (χ3v) is 6.30. The van der Waals surface area contributed by atoms with Crippen LogP contribution in [0.3, 0.4) is 0 Å². The van der Waals surface area contributed by atoms with Crippen LogP contribution in [-0.2, 0) is 6.54 Å². The number of thioether (sulfide) groups is 1. The van der Waals surface area contributed by atoms with Crippen LogP contribution in [0.4, 0.5) is 5.69 Å². The molecule has 0 saturated heterocycles. The SMILES string of the molecule is C=Nc1ccc(CNC(=O)c2cccn3c(C)c(-c4ccsc4)nc23)cc1SCN. The second kappa shape index (κ2) is 8.83. The lowest BCUT2D eigenvalue weighted by molar-refractivity contribution is 0.0952. The zero-order valence-electron chi connectivity index (χ0n) is 16.5. The monoisotopic (exact) mass is 435 g/mol. The number of fused-ring (bicyclic) bond motifs is 1. The molecule has 0 aliphatic carbocycles. The van der Waals surface area contributed by atoms with Crippen LogP contribution in [0, 0.1) is 6.92 Å². The van der Waals surface area contributed by atoms with Gasteiger partial charge < -0.3 is 15.5 Å². The van der Waals surface area contributed by atoms with Gasteiger partial charge in [0.25, 0.3) is 5.91 Å². The van der Waals surface area contributed by atoms with Gasteiger partial charge in [-0.3, -0.25) is 9.79 Å². The molecule has 3 heterocycles. The van der Waals surface area contributed by atoms with E-state index in [2.05, 4.69) is 22.4 Å². The second-order valence-electron chi connectivity index (χ2n) is 6.63. The van der Waals surface area contributed by atoms with Gasteiger partial charge in [0, 0.05) is 40.2 Å². The summed E-state index contributed by atoms with van der Waals surface area (Å²) in [4.78, 5) is 22.7. The fourth-order valence-electron chi connectivity index (χ4n) is 3.32. The fourth-order valence-corrected chi connectivity index (χ4v) is 4.65. The summed E-state index contributed by atoms with van der Waals surface area (Å²) >= 11 is 3.12. The molecule has 1 amide bonds. The minimum atomic E-state index is -0.165. The van der Waals surface area contributed by atoms with E-state index < -0.39 is 0 Å². The van der Waals surface area contributed by atoms with Crippen molar-refractivity contribution < 1.29 is 4.79 Å². The van der Waals surface area contributed by atoms with Crippen LogP contribution in [0.1, 0.15) is 21.6 Å². The van der Waals surface area contributed by atoms with Gasteiger partial charge >= 0.3 is 0 Å². The summed E-state index contributed by atoms with van der Waals surface area (Å²) in [5.74, 6) is 0.285. The Morgan fingerprint density at radius 1 is 1.37 bits per heavy atom. The maximum absolute atomic E-state index is 13.0. The van der Waals surface area contributed by atoms with Crippen molar-refractivity contribution in [2.24, 2.45) is 10.7 Å². The van der Waals surface area contributed by atoms with Crippen molar-refractivity contribution in [3.63, 3.8) is 0 Å². The van der Waals surface area contributed by atoms with E-state index in [1.165, 1.54) is 11.8 Å². The molecule has 0 aliphatic rings. The van der Waals surface area contributed by atoms with Gasteiger partial charge in [0.2, 0.25) is 0 Å². The van der Waals surface area contributed by atoms with Crippen molar-refractivity contribution in [1.29, 1.82) is 0 Å². The lowest BCUT2D eigenvalue weighted by Gasteiger charge is -2.09. The number of nitrogens with one attached hydrogen (secondary N) is 1. The number of hydrogen-bond donors (Lipinski definition) is 2. The van der Waals surface area contributed by atoms with Crippen LogP contribution in [-0.4, -0.2) is 27.9 Å². The maximum Gasteiger partial charge on any atom is 0.255 e. The minimum Gasteiger partial charge on any atom is -0.348 e. The Hall–Kier alpha value is -2.94. The molecule has 0 aliphatic heterocycles. The molecule has 3 aromatic heterocycles. The van der Waals surface area contributed by atoms with E-state index in [-0.39, 0.29) is 5.91 Å². The first kappa shape index (κ1) is 20.3. The molecule has 8 heteroatoms. The van der Waals surface area contributed by atoms with Crippen molar-refractivity contribution in [3.05, 3.63) is 70.2 Å². The second-order valence-corrected chi connectivity index (χ2v) is 8.47. The van der Waals surface area contributed by atoms with E-state index in [9.17, 15) is 4.79 Å². The number of amides is 1. The Balaban J connectivity index is 1.59. The number of nitrogens with zero attached hydrogens (tertiary/aromatic N) is 3. The molecule has 0 radical (unpaired) electrons. The van der Waals surface area contributed by atoms with Crippen LogP contribution in [0.5, 0.6) is 0 Å². The number of rotatable bonds is 7. The van der Waals surface area contributed by atoms with Gasteiger partial charge in [-0.25, -0.2) is 4.98 Å². The first-order chi connectivity index (χ1) is 14.6. The summed E-state index contributed by atoms with van der Waals surface area (Å²) in [5, 5.41) is 7.09. The predicted octanol–water partition coefficient (Wildman–Crippen LogP) is 4.64. The van der Waals surface area contributed by atoms with Gasteiger partial charge in [-0.05, 0) is 54.9 Å². The molecule has 152 valence electrons. The number of benzene rings is 1. The lowest BCUT2D eigenvalue weighted by Crippen LogP contribution is -2.23. The molecule has 30 heavy (non-hydrogen) atoms. The van der Waals surface area contributed by atoms with Crippen molar-refractivity contribution in [3.8, 4) is 11.3 Å². The van der Waals surface area contributed by atoms with Crippen molar-refractivity contribution in [2.75, 3.05) is 5.88 Å². The Bertz CT molecular complexity index is 1210. The quantitative estimate of drug-likeness (QED) is 0.252. The average Bonchev–Trinajstić information content (AvgIpc) is 3.40. The number of thiophene rings is 1. The van der Waals surface area contributed by atoms with Crippen LogP contribution in [0.25, 0.3) is 16.9 Å². The fraction of sp³-hybridized carbons (Fsp3) is 0.136. The number of aromatic nitrogens is 2. The van der Waals surface area contributed by atoms with E-state index in [0.29, 0.717) is 23.6 Å². The summed E-state index contributed by atoms with van der Waals surface area (Å²) in [5.41, 5.74) is 11.6. The Labute approximate surface area is 182 Å². The number of aliphatic imine (C=N–C) groups is 1. The molecule has 1 aromatic carbocycles. The number of carbonyl (C=O) groups is 1. The molecule has 0 bridgehead atoms. The van der Waals surface area contributed by atoms with E-state index in [0.717, 1.165) is 33.1 Å². The number of aryl methyl sites for hydroxylation is 1. The number of nitrogens with two attached hydrogens (primary N) is 1. The molecular formula is C22H21N5OS2. The molecule has 0 unspecified atom stereocenters. The van der Waals surface area contributed by atoms with Crippen LogP contribution in [0.15, 0.2) is 63.2 Å². The summed E-state index contributed by atoms with van der Waals surface area (Å²) in [7, 11) is 0.